The normalized spacial score (nSPS) is 18.1. The van der Waals surface area contributed by atoms with Crippen molar-refractivity contribution in [1.29, 1.82) is 5.26 Å². The third-order valence-corrected chi connectivity index (χ3v) is 4.81. The van der Waals surface area contributed by atoms with Crippen LogP contribution in [-0.4, -0.2) is 37.4 Å². The molecule has 1 aliphatic heterocycles. The minimum atomic E-state index is -0.534. The Kier molecular flexibility index (Phi) is 6.69. The Bertz CT molecular complexity index is 719. The Balaban J connectivity index is 2.18. The van der Waals surface area contributed by atoms with Gasteiger partial charge in [0.25, 0.3) is 0 Å². The van der Waals surface area contributed by atoms with Crippen LogP contribution in [0.3, 0.4) is 0 Å². The predicted molar refractivity (Wildman–Crippen MR) is 105 cm³/mol. The van der Waals surface area contributed by atoms with E-state index in [0.29, 0.717) is 25.3 Å². The Morgan fingerprint density at radius 1 is 1.22 bits per heavy atom. The number of benzene rings is 1. The van der Waals surface area contributed by atoms with Gasteiger partial charge in [-0.05, 0) is 50.9 Å². The fourth-order valence-electron chi connectivity index (χ4n) is 2.51. The monoisotopic (exact) mass is 370 g/mol. The molecule has 1 N–H and O–H groups in total. The molecule has 0 aliphatic carbocycles. The first-order valence-electron chi connectivity index (χ1n) is 9.05. The van der Waals surface area contributed by atoms with Crippen molar-refractivity contribution >= 4 is 19.1 Å². The third-order valence-electron chi connectivity index (χ3n) is 4.81. The Labute approximate surface area is 161 Å². The average Bonchev–Trinajstić information content (AvgIpc) is 2.80. The standard InChI is InChI=1S/C20H27BN2O4/c1-15(24)23-14-17(21-26-19(2,3)20(4,5)27-21)13-16-7-9-18(10-8-16)25-12-6-11-22/h7-10,13H,6,12,14H2,1-5H3,(H,23,24). The second-order valence-corrected chi connectivity index (χ2v) is 7.54. The van der Waals surface area contributed by atoms with Gasteiger partial charge in [-0.1, -0.05) is 18.2 Å². The molecule has 0 atom stereocenters. The fourth-order valence-corrected chi connectivity index (χ4v) is 2.51. The van der Waals surface area contributed by atoms with Gasteiger partial charge in [-0.25, -0.2) is 0 Å². The highest BCUT2D eigenvalue weighted by atomic mass is 16.7. The molecule has 1 amide bonds. The lowest BCUT2D eigenvalue weighted by Gasteiger charge is -2.32. The van der Waals surface area contributed by atoms with Crippen LogP contribution in [-0.2, 0) is 14.1 Å². The van der Waals surface area contributed by atoms with Crippen molar-refractivity contribution in [3.05, 3.63) is 35.3 Å². The van der Waals surface area contributed by atoms with Crippen molar-refractivity contribution in [2.75, 3.05) is 13.2 Å². The Morgan fingerprint density at radius 3 is 2.33 bits per heavy atom. The predicted octanol–water partition coefficient (Wildman–Crippen LogP) is 3.13. The molecule has 2 rings (SSSR count). The smallest absolute Gasteiger partial charge is 0.492 e. The van der Waals surface area contributed by atoms with Gasteiger partial charge in [-0.15, -0.1) is 0 Å². The molecule has 1 fully saturated rings. The summed E-state index contributed by atoms with van der Waals surface area (Å²) in [5, 5.41) is 11.4. The Morgan fingerprint density at radius 2 is 1.81 bits per heavy atom. The van der Waals surface area contributed by atoms with Crippen molar-refractivity contribution in [2.24, 2.45) is 0 Å². The van der Waals surface area contributed by atoms with Gasteiger partial charge in [-0.3, -0.25) is 4.79 Å². The zero-order valence-electron chi connectivity index (χ0n) is 16.7. The van der Waals surface area contributed by atoms with E-state index in [0.717, 1.165) is 11.0 Å². The van der Waals surface area contributed by atoms with Gasteiger partial charge in [-0.2, -0.15) is 5.26 Å². The topological polar surface area (TPSA) is 80.6 Å². The zero-order chi connectivity index (χ0) is 20.1. The lowest BCUT2D eigenvalue weighted by molar-refractivity contribution is -0.118. The minimum absolute atomic E-state index is 0.112. The summed E-state index contributed by atoms with van der Waals surface area (Å²) in [5.41, 5.74) is 0.872. The molecule has 0 bridgehead atoms. The largest absolute Gasteiger partial charge is 0.493 e. The number of nitrogens with zero attached hydrogens (tertiary/aromatic N) is 1. The van der Waals surface area contributed by atoms with E-state index < -0.39 is 18.3 Å². The van der Waals surface area contributed by atoms with E-state index in [4.69, 9.17) is 19.3 Å². The zero-order valence-corrected chi connectivity index (χ0v) is 16.7. The van der Waals surface area contributed by atoms with Crippen molar-refractivity contribution in [3.63, 3.8) is 0 Å². The summed E-state index contributed by atoms with van der Waals surface area (Å²) in [4.78, 5) is 11.4. The maximum absolute atomic E-state index is 11.4. The molecule has 144 valence electrons. The van der Waals surface area contributed by atoms with Crippen LogP contribution >= 0.6 is 0 Å². The van der Waals surface area contributed by atoms with Gasteiger partial charge in [0.1, 0.15) is 12.4 Å². The molecule has 0 unspecified atom stereocenters. The van der Waals surface area contributed by atoms with Crippen molar-refractivity contribution in [1.82, 2.24) is 5.32 Å². The second kappa shape index (κ2) is 8.60. The van der Waals surface area contributed by atoms with Crippen molar-refractivity contribution in [3.8, 4) is 11.8 Å². The summed E-state index contributed by atoms with van der Waals surface area (Å²) in [7, 11) is -0.534. The summed E-state index contributed by atoms with van der Waals surface area (Å²) in [5.74, 6) is 0.597. The Hall–Kier alpha value is -2.30. The average molecular weight is 370 g/mol. The van der Waals surface area contributed by atoms with E-state index in [1.165, 1.54) is 6.92 Å². The molecule has 1 aromatic carbocycles. The van der Waals surface area contributed by atoms with E-state index >= 15 is 0 Å². The molecule has 1 saturated heterocycles. The first kappa shape index (κ1) is 21.0. The van der Waals surface area contributed by atoms with Crippen molar-refractivity contribution < 1.29 is 18.8 Å². The number of rotatable bonds is 7. The summed E-state index contributed by atoms with van der Waals surface area (Å²) < 4.78 is 17.7. The van der Waals surface area contributed by atoms with Gasteiger partial charge in [0, 0.05) is 13.5 Å². The number of nitriles is 1. The highest BCUT2D eigenvalue weighted by Gasteiger charge is 2.52. The lowest BCUT2D eigenvalue weighted by atomic mass is 9.77. The molecular weight excluding hydrogens is 343 g/mol. The quantitative estimate of drug-likeness (QED) is 0.589. The summed E-state index contributed by atoms with van der Waals surface area (Å²) >= 11 is 0. The van der Waals surface area contributed by atoms with Crippen LogP contribution in [0.5, 0.6) is 5.75 Å². The lowest BCUT2D eigenvalue weighted by Crippen LogP contribution is -2.41. The first-order valence-corrected chi connectivity index (χ1v) is 9.05. The minimum Gasteiger partial charge on any atom is -0.493 e. The molecular formula is C20H27BN2O4. The number of hydrogen-bond donors (Lipinski definition) is 1. The maximum atomic E-state index is 11.4. The van der Waals surface area contributed by atoms with Crippen molar-refractivity contribution in [2.45, 2.75) is 52.2 Å². The highest BCUT2D eigenvalue weighted by Crippen LogP contribution is 2.38. The van der Waals surface area contributed by atoms with E-state index in [-0.39, 0.29) is 5.91 Å². The first-order chi connectivity index (χ1) is 12.6. The summed E-state index contributed by atoms with van der Waals surface area (Å²) in [6.45, 7) is 10.2. The molecule has 7 heteroatoms. The summed E-state index contributed by atoms with van der Waals surface area (Å²) in [6, 6.07) is 9.58. The van der Waals surface area contributed by atoms with Crippen LogP contribution in [0, 0.1) is 11.3 Å². The molecule has 27 heavy (non-hydrogen) atoms. The molecule has 1 aromatic rings. The highest BCUT2D eigenvalue weighted by molar-refractivity contribution is 6.56. The van der Waals surface area contributed by atoms with Crippen LogP contribution in [0.1, 0.15) is 46.6 Å². The van der Waals surface area contributed by atoms with Crippen LogP contribution in [0.2, 0.25) is 0 Å². The second-order valence-electron chi connectivity index (χ2n) is 7.54. The number of amides is 1. The number of carbonyl (C=O) groups excluding carboxylic acids is 1. The number of ether oxygens (including phenoxy) is 1. The molecule has 6 nitrogen and oxygen atoms in total. The molecule has 1 heterocycles. The third kappa shape index (κ3) is 5.59. The molecule has 0 radical (unpaired) electrons. The van der Waals surface area contributed by atoms with Crippen LogP contribution in [0.4, 0.5) is 0 Å². The summed E-state index contributed by atoms with van der Waals surface area (Å²) in [6.07, 6.45) is 2.31. The van der Waals surface area contributed by atoms with Crippen LogP contribution in [0.15, 0.2) is 29.7 Å². The van der Waals surface area contributed by atoms with Gasteiger partial charge < -0.3 is 19.4 Å². The molecule has 1 aliphatic rings. The van der Waals surface area contributed by atoms with Gasteiger partial charge in [0.05, 0.1) is 23.7 Å². The SMILES string of the molecule is CC(=O)NCC(=Cc1ccc(OCCC#N)cc1)B1OC(C)(C)C(C)(C)O1. The fraction of sp³-hybridized carbons (Fsp3) is 0.500. The van der Waals surface area contributed by atoms with E-state index in [2.05, 4.69) is 5.32 Å². The molecule has 0 saturated carbocycles. The van der Waals surface area contributed by atoms with Crippen LogP contribution in [0.25, 0.3) is 6.08 Å². The van der Waals surface area contributed by atoms with Gasteiger partial charge in [0.2, 0.25) is 5.91 Å². The molecule has 0 spiro atoms. The van der Waals surface area contributed by atoms with E-state index in [1.807, 2.05) is 64.1 Å². The van der Waals surface area contributed by atoms with E-state index in [9.17, 15) is 4.79 Å². The van der Waals surface area contributed by atoms with Gasteiger partial charge in [0.15, 0.2) is 0 Å². The van der Waals surface area contributed by atoms with Gasteiger partial charge >= 0.3 is 7.12 Å². The molecule has 0 aromatic heterocycles. The van der Waals surface area contributed by atoms with E-state index in [1.54, 1.807) is 0 Å². The number of hydrogen-bond acceptors (Lipinski definition) is 5. The maximum Gasteiger partial charge on any atom is 0.492 e. The van der Waals surface area contributed by atoms with Crippen LogP contribution < -0.4 is 10.1 Å². The number of nitrogens with one attached hydrogen (secondary N) is 1. The number of carbonyl (C=O) groups is 1.